The number of nitrogens with zero attached hydrogens (tertiary/aromatic N) is 3. The Morgan fingerprint density at radius 2 is 2.18 bits per heavy atom. The van der Waals surface area contributed by atoms with Crippen molar-refractivity contribution < 1.29 is 4.79 Å². The molecule has 2 rings (SSSR count). The van der Waals surface area contributed by atoms with Gasteiger partial charge >= 0.3 is 0 Å². The van der Waals surface area contributed by atoms with Crippen molar-refractivity contribution in [2.45, 2.75) is 38.6 Å². The van der Waals surface area contributed by atoms with Gasteiger partial charge in [0.25, 0.3) is 0 Å². The van der Waals surface area contributed by atoms with Crippen LogP contribution < -0.4 is 5.32 Å². The molecule has 0 fully saturated rings. The van der Waals surface area contributed by atoms with E-state index >= 15 is 0 Å². The van der Waals surface area contributed by atoms with E-state index in [-0.39, 0.29) is 5.91 Å². The molecule has 8 heteroatoms. The van der Waals surface area contributed by atoms with Crippen LogP contribution in [-0.4, -0.2) is 27.4 Å². The van der Waals surface area contributed by atoms with E-state index < -0.39 is 0 Å². The number of hydrogen-bond acceptors (Lipinski definition) is 4. The van der Waals surface area contributed by atoms with Crippen molar-refractivity contribution in [2.24, 2.45) is 0 Å². The smallest absolute Gasteiger partial charge is 0.220 e. The molecule has 0 aromatic carbocycles. The maximum Gasteiger partial charge on any atom is 0.220 e. The van der Waals surface area contributed by atoms with Gasteiger partial charge in [-0.1, -0.05) is 28.4 Å². The van der Waals surface area contributed by atoms with Gasteiger partial charge in [-0.25, -0.2) is 0 Å². The molecule has 1 amide bonds. The maximum absolute atomic E-state index is 11.7. The van der Waals surface area contributed by atoms with Gasteiger partial charge in [-0.3, -0.25) is 9.48 Å². The molecule has 0 saturated carbocycles. The van der Waals surface area contributed by atoms with Crippen LogP contribution in [0.5, 0.6) is 0 Å². The number of aromatic nitrogens is 3. The van der Waals surface area contributed by atoms with Crippen molar-refractivity contribution >= 4 is 40.4 Å². The summed E-state index contributed by atoms with van der Waals surface area (Å²) in [5.41, 5.74) is 1.03. The molecule has 2 heterocycles. The number of amides is 1. The zero-order valence-corrected chi connectivity index (χ0v) is 14.4. The Balaban J connectivity index is 1.51. The molecular weight excluding hydrogens is 343 g/mol. The molecule has 2 aromatic heterocycles. The first-order chi connectivity index (χ1) is 10.6. The number of carbonyl (C=O) groups excluding carboxylic acids is 1. The molecule has 22 heavy (non-hydrogen) atoms. The van der Waals surface area contributed by atoms with Gasteiger partial charge < -0.3 is 5.32 Å². The summed E-state index contributed by atoms with van der Waals surface area (Å²) in [6.45, 7) is 1.52. The van der Waals surface area contributed by atoms with Gasteiger partial charge in [0.2, 0.25) is 5.91 Å². The van der Waals surface area contributed by atoms with Crippen molar-refractivity contribution in [3.63, 3.8) is 0 Å². The molecular formula is C14H18Cl2N4OS. The number of aryl methyl sites for hydroxylation is 2. The van der Waals surface area contributed by atoms with Crippen LogP contribution >= 0.6 is 34.5 Å². The minimum Gasteiger partial charge on any atom is -0.356 e. The topological polar surface area (TPSA) is 59.8 Å². The van der Waals surface area contributed by atoms with E-state index in [1.165, 1.54) is 11.3 Å². The van der Waals surface area contributed by atoms with E-state index in [9.17, 15) is 4.79 Å². The van der Waals surface area contributed by atoms with E-state index in [0.717, 1.165) is 42.1 Å². The summed E-state index contributed by atoms with van der Waals surface area (Å²) >= 11 is 13.3. The average molecular weight is 361 g/mol. The van der Waals surface area contributed by atoms with Gasteiger partial charge in [-0.15, -0.1) is 16.4 Å². The van der Waals surface area contributed by atoms with Gasteiger partial charge in [-0.2, -0.15) is 0 Å². The van der Waals surface area contributed by atoms with Gasteiger partial charge in [0.15, 0.2) is 0 Å². The van der Waals surface area contributed by atoms with E-state index in [0.29, 0.717) is 17.3 Å². The Morgan fingerprint density at radius 3 is 2.86 bits per heavy atom. The van der Waals surface area contributed by atoms with Crippen LogP contribution in [0.15, 0.2) is 18.5 Å². The van der Waals surface area contributed by atoms with Crippen molar-refractivity contribution in [1.29, 1.82) is 0 Å². The molecule has 0 aliphatic carbocycles. The van der Waals surface area contributed by atoms with Crippen LogP contribution in [-0.2, 0) is 17.8 Å². The van der Waals surface area contributed by atoms with Crippen LogP contribution in [0, 0.1) is 0 Å². The first-order valence-corrected chi connectivity index (χ1v) is 8.77. The molecule has 0 aliphatic heterocycles. The van der Waals surface area contributed by atoms with Gasteiger partial charge in [0, 0.05) is 25.7 Å². The summed E-state index contributed by atoms with van der Waals surface area (Å²) < 4.78 is 3.20. The predicted octanol–water partition coefficient (Wildman–Crippen LogP) is 3.57. The number of hydrogen-bond donors (Lipinski definition) is 1. The fraction of sp³-hybridized carbons (Fsp3) is 0.500. The number of carbonyl (C=O) groups is 1. The first kappa shape index (κ1) is 17.2. The van der Waals surface area contributed by atoms with Crippen LogP contribution in [0.25, 0.3) is 0 Å². The Bertz CT molecular complexity index is 586. The minimum absolute atomic E-state index is 0.0817. The second-order valence-corrected chi connectivity index (χ2v) is 7.21. The number of halogens is 2. The summed E-state index contributed by atoms with van der Waals surface area (Å²) in [4.78, 5) is 11.7. The Morgan fingerprint density at radius 1 is 1.32 bits per heavy atom. The first-order valence-electron chi connectivity index (χ1n) is 7.19. The highest BCUT2D eigenvalue weighted by Gasteiger charge is 2.07. The Labute approximate surface area is 143 Å². The van der Waals surface area contributed by atoms with Gasteiger partial charge in [-0.05, 0) is 37.3 Å². The van der Waals surface area contributed by atoms with Gasteiger partial charge in [0.1, 0.15) is 0 Å². The normalized spacial score (nSPS) is 10.8. The quantitative estimate of drug-likeness (QED) is 0.695. The number of nitrogens with one attached hydrogen (secondary N) is 1. The SMILES string of the molecule is O=C(CCCc1cc(Cl)sc1Cl)NCCCCn1ccnn1. The van der Waals surface area contributed by atoms with E-state index in [1.807, 2.05) is 12.3 Å². The zero-order chi connectivity index (χ0) is 15.8. The summed E-state index contributed by atoms with van der Waals surface area (Å²) in [5.74, 6) is 0.0817. The zero-order valence-electron chi connectivity index (χ0n) is 12.1. The average Bonchev–Trinajstić information content (AvgIpc) is 3.09. The Hall–Kier alpha value is -1.11. The molecule has 5 nitrogen and oxygen atoms in total. The summed E-state index contributed by atoms with van der Waals surface area (Å²) in [6.07, 6.45) is 7.45. The third-order valence-electron chi connectivity index (χ3n) is 3.19. The van der Waals surface area contributed by atoms with Crippen molar-refractivity contribution in [3.8, 4) is 0 Å². The molecule has 0 saturated heterocycles. The van der Waals surface area contributed by atoms with Gasteiger partial charge in [0.05, 0.1) is 14.9 Å². The number of thiophene rings is 1. The standard InChI is InChI=1S/C14H18Cl2N4OS/c15-12-10-11(14(16)22-12)4-3-5-13(21)17-6-1-2-8-20-9-7-18-19-20/h7,9-10H,1-6,8H2,(H,17,21). The molecule has 120 valence electrons. The van der Waals surface area contributed by atoms with Crippen molar-refractivity contribution in [2.75, 3.05) is 6.54 Å². The molecule has 0 spiro atoms. The molecule has 2 aromatic rings. The lowest BCUT2D eigenvalue weighted by Gasteiger charge is -2.05. The monoisotopic (exact) mass is 360 g/mol. The van der Waals surface area contributed by atoms with E-state index in [4.69, 9.17) is 23.2 Å². The van der Waals surface area contributed by atoms with Crippen molar-refractivity contribution in [1.82, 2.24) is 20.3 Å². The fourth-order valence-corrected chi connectivity index (χ4v) is 3.60. The van der Waals surface area contributed by atoms with Crippen LogP contribution in [0.2, 0.25) is 8.67 Å². The summed E-state index contributed by atoms with van der Waals surface area (Å²) in [6, 6.07) is 1.87. The highest BCUT2D eigenvalue weighted by molar-refractivity contribution is 7.20. The largest absolute Gasteiger partial charge is 0.356 e. The number of unbranched alkanes of at least 4 members (excludes halogenated alkanes) is 1. The third-order valence-corrected chi connectivity index (χ3v) is 4.75. The number of rotatable bonds is 9. The maximum atomic E-state index is 11.7. The minimum atomic E-state index is 0.0817. The molecule has 0 aliphatic rings. The Kier molecular flexibility index (Phi) is 7.15. The highest BCUT2D eigenvalue weighted by Crippen LogP contribution is 2.31. The second-order valence-electron chi connectivity index (χ2n) is 4.93. The molecule has 0 radical (unpaired) electrons. The van der Waals surface area contributed by atoms with Crippen molar-refractivity contribution in [3.05, 3.63) is 32.7 Å². The van der Waals surface area contributed by atoms with Crippen LogP contribution in [0.4, 0.5) is 0 Å². The van der Waals surface area contributed by atoms with E-state index in [1.54, 1.807) is 10.9 Å². The highest BCUT2D eigenvalue weighted by atomic mass is 35.5. The van der Waals surface area contributed by atoms with E-state index in [2.05, 4.69) is 15.6 Å². The lowest BCUT2D eigenvalue weighted by molar-refractivity contribution is -0.121. The molecule has 1 N–H and O–H groups in total. The lowest BCUT2D eigenvalue weighted by atomic mass is 10.1. The third kappa shape index (κ3) is 5.94. The molecule has 0 atom stereocenters. The van der Waals surface area contributed by atoms with Crippen LogP contribution in [0.3, 0.4) is 0 Å². The lowest BCUT2D eigenvalue weighted by Crippen LogP contribution is -2.24. The fourth-order valence-electron chi connectivity index (χ4n) is 2.05. The summed E-state index contributed by atoms with van der Waals surface area (Å²) in [5, 5.41) is 10.6. The molecule has 0 bridgehead atoms. The molecule has 0 unspecified atom stereocenters. The summed E-state index contributed by atoms with van der Waals surface area (Å²) in [7, 11) is 0. The second kappa shape index (κ2) is 9.12. The predicted molar refractivity (Wildman–Crippen MR) is 89.5 cm³/mol. The van der Waals surface area contributed by atoms with Crippen LogP contribution in [0.1, 0.15) is 31.2 Å².